The van der Waals surface area contributed by atoms with Gasteiger partial charge in [-0.05, 0) is 19.2 Å². The average molecular weight is 231 g/mol. The summed E-state index contributed by atoms with van der Waals surface area (Å²) >= 11 is 0. The molecule has 1 aromatic rings. The van der Waals surface area contributed by atoms with E-state index in [2.05, 4.69) is 27.9 Å². The minimum atomic E-state index is 0.232. The summed E-state index contributed by atoms with van der Waals surface area (Å²) in [5.41, 5.74) is 6.43. The van der Waals surface area contributed by atoms with E-state index in [0.29, 0.717) is 12.1 Å². The maximum atomic E-state index is 9.10. The average Bonchev–Trinajstić information content (AvgIpc) is 2.38. The van der Waals surface area contributed by atoms with Crippen molar-refractivity contribution in [1.82, 2.24) is 9.88 Å². The highest BCUT2D eigenvalue weighted by Gasteiger charge is 2.26. The van der Waals surface area contributed by atoms with E-state index in [-0.39, 0.29) is 6.04 Å². The molecule has 5 nitrogen and oxygen atoms in total. The molecule has 2 heterocycles. The molecule has 0 radical (unpaired) electrons. The van der Waals surface area contributed by atoms with Crippen molar-refractivity contribution in [2.45, 2.75) is 6.04 Å². The molecule has 5 heteroatoms. The van der Waals surface area contributed by atoms with Crippen LogP contribution < -0.4 is 10.6 Å². The second-order valence-electron chi connectivity index (χ2n) is 4.33. The lowest BCUT2D eigenvalue weighted by atomic mass is 10.1. The van der Waals surface area contributed by atoms with Crippen LogP contribution in [0.1, 0.15) is 5.56 Å². The molecule has 0 aliphatic carbocycles. The fraction of sp³-hybridized carbons (Fsp3) is 0.500. The lowest BCUT2D eigenvalue weighted by Crippen LogP contribution is -2.55. The molecule has 1 saturated heterocycles. The van der Waals surface area contributed by atoms with Crippen LogP contribution in [-0.4, -0.2) is 49.2 Å². The molecule has 0 saturated carbocycles. The molecular weight excluding hydrogens is 214 g/mol. The van der Waals surface area contributed by atoms with Crippen LogP contribution in [0.5, 0.6) is 0 Å². The quantitative estimate of drug-likeness (QED) is 0.778. The largest absolute Gasteiger partial charge is 0.349 e. The maximum Gasteiger partial charge on any atom is 0.146 e. The fourth-order valence-corrected chi connectivity index (χ4v) is 2.20. The van der Waals surface area contributed by atoms with Crippen molar-refractivity contribution < 1.29 is 0 Å². The number of aromatic nitrogens is 1. The molecule has 17 heavy (non-hydrogen) atoms. The third-order valence-electron chi connectivity index (χ3n) is 3.14. The normalized spacial score (nSPS) is 21.2. The number of nitrogens with two attached hydrogens (primary N) is 1. The zero-order valence-electron chi connectivity index (χ0n) is 10.0. The molecule has 0 bridgehead atoms. The number of hydrogen-bond acceptors (Lipinski definition) is 5. The maximum absolute atomic E-state index is 9.10. The molecule has 1 fully saturated rings. The van der Waals surface area contributed by atoms with Crippen LogP contribution in [0.4, 0.5) is 5.82 Å². The summed E-state index contributed by atoms with van der Waals surface area (Å²) in [6.45, 7) is 3.33. The van der Waals surface area contributed by atoms with Gasteiger partial charge in [-0.25, -0.2) is 4.98 Å². The van der Waals surface area contributed by atoms with E-state index in [0.717, 1.165) is 25.5 Å². The van der Waals surface area contributed by atoms with Crippen molar-refractivity contribution in [3.8, 4) is 6.07 Å². The Morgan fingerprint density at radius 3 is 3.12 bits per heavy atom. The van der Waals surface area contributed by atoms with Gasteiger partial charge in [0.1, 0.15) is 11.9 Å². The first-order valence-corrected chi connectivity index (χ1v) is 5.76. The number of likely N-dealkylation sites (N-methyl/N-ethyl adjacent to an activating group) is 1. The molecule has 1 atom stereocenters. The molecule has 2 rings (SSSR count). The Kier molecular flexibility index (Phi) is 3.57. The minimum absolute atomic E-state index is 0.232. The number of nitriles is 1. The van der Waals surface area contributed by atoms with Crippen LogP contribution in [0.3, 0.4) is 0 Å². The van der Waals surface area contributed by atoms with E-state index in [4.69, 9.17) is 11.0 Å². The number of rotatable bonds is 2. The summed E-state index contributed by atoms with van der Waals surface area (Å²) < 4.78 is 0. The van der Waals surface area contributed by atoms with Crippen molar-refractivity contribution in [3.63, 3.8) is 0 Å². The fourth-order valence-electron chi connectivity index (χ4n) is 2.20. The lowest BCUT2D eigenvalue weighted by Gasteiger charge is -2.40. The van der Waals surface area contributed by atoms with E-state index in [1.54, 1.807) is 18.3 Å². The highest BCUT2D eigenvalue weighted by molar-refractivity contribution is 5.54. The van der Waals surface area contributed by atoms with E-state index in [1.165, 1.54) is 0 Å². The molecule has 1 unspecified atom stereocenters. The Labute approximate surface area is 101 Å². The predicted octanol–water partition coefficient (Wildman–Crippen LogP) is 0.0324. The molecule has 1 aromatic heterocycles. The number of piperazine rings is 1. The SMILES string of the molecule is CN1CCN(c2ncccc2C#N)C(CN)C1. The summed E-state index contributed by atoms with van der Waals surface area (Å²) in [5.74, 6) is 0.763. The molecular formula is C12H17N5. The first-order chi connectivity index (χ1) is 8.26. The Balaban J connectivity index is 2.29. The van der Waals surface area contributed by atoms with Crippen molar-refractivity contribution in [2.24, 2.45) is 5.73 Å². The first-order valence-electron chi connectivity index (χ1n) is 5.76. The Morgan fingerprint density at radius 2 is 2.41 bits per heavy atom. The molecule has 1 aliphatic rings. The Morgan fingerprint density at radius 1 is 1.59 bits per heavy atom. The van der Waals surface area contributed by atoms with Gasteiger partial charge in [0, 0.05) is 32.4 Å². The van der Waals surface area contributed by atoms with Gasteiger partial charge < -0.3 is 15.5 Å². The smallest absolute Gasteiger partial charge is 0.146 e. The lowest BCUT2D eigenvalue weighted by molar-refractivity contribution is 0.268. The summed E-state index contributed by atoms with van der Waals surface area (Å²) in [6, 6.07) is 6.01. The minimum Gasteiger partial charge on any atom is -0.349 e. The van der Waals surface area contributed by atoms with Gasteiger partial charge in [0.2, 0.25) is 0 Å². The van der Waals surface area contributed by atoms with Gasteiger partial charge in [0.05, 0.1) is 11.6 Å². The monoisotopic (exact) mass is 231 g/mol. The standard InChI is InChI=1S/C12H17N5/c1-16-5-6-17(11(8-14)9-16)12-10(7-13)3-2-4-15-12/h2-4,11H,5-6,8-9,14H2,1H3. The Bertz CT molecular complexity index is 425. The third-order valence-corrected chi connectivity index (χ3v) is 3.14. The van der Waals surface area contributed by atoms with Crippen LogP contribution in [0.2, 0.25) is 0 Å². The van der Waals surface area contributed by atoms with Gasteiger partial charge in [0.15, 0.2) is 0 Å². The van der Waals surface area contributed by atoms with Crippen LogP contribution >= 0.6 is 0 Å². The van der Waals surface area contributed by atoms with Crippen LogP contribution in [0.15, 0.2) is 18.3 Å². The molecule has 0 amide bonds. The van der Waals surface area contributed by atoms with E-state index in [9.17, 15) is 0 Å². The van der Waals surface area contributed by atoms with Crippen molar-refractivity contribution in [3.05, 3.63) is 23.9 Å². The predicted molar refractivity (Wildman–Crippen MR) is 66.6 cm³/mol. The molecule has 1 aliphatic heterocycles. The van der Waals surface area contributed by atoms with E-state index < -0.39 is 0 Å². The van der Waals surface area contributed by atoms with E-state index in [1.807, 2.05) is 0 Å². The zero-order chi connectivity index (χ0) is 12.3. The first kappa shape index (κ1) is 11.8. The van der Waals surface area contributed by atoms with E-state index >= 15 is 0 Å². The molecule has 2 N–H and O–H groups in total. The molecule has 90 valence electrons. The number of anilines is 1. The number of nitrogens with zero attached hydrogens (tertiary/aromatic N) is 4. The summed E-state index contributed by atoms with van der Waals surface area (Å²) in [7, 11) is 2.09. The van der Waals surface area contributed by atoms with Crippen LogP contribution in [-0.2, 0) is 0 Å². The van der Waals surface area contributed by atoms with Gasteiger partial charge in [-0.3, -0.25) is 0 Å². The zero-order valence-corrected chi connectivity index (χ0v) is 10.0. The Hall–Kier alpha value is -1.64. The highest BCUT2D eigenvalue weighted by Crippen LogP contribution is 2.20. The number of hydrogen-bond donors (Lipinski definition) is 1. The van der Waals surface area contributed by atoms with Gasteiger partial charge in [-0.1, -0.05) is 0 Å². The molecule has 0 spiro atoms. The second-order valence-corrected chi connectivity index (χ2v) is 4.33. The summed E-state index contributed by atoms with van der Waals surface area (Å²) in [6.07, 6.45) is 1.72. The van der Waals surface area contributed by atoms with Gasteiger partial charge in [0.25, 0.3) is 0 Å². The summed E-state index contributed by atoms with van der Waals surface area (Å²) in [4.78, 5) is 8.73. The van der Waals surface area contributed by atoms with Crippen molar-refractivity contribution >= 4 is 5.82 Å². The highest BCUT2D eigenvalue weighted by atomic mass is 15.3. The summed E-state index contributed by atoms with van der Waals surface area (Å²) in [5, 5.41) is 9.10. The number of pyridine rings is 1. The van der Waals surface area contributed by atoms with Gasteiger partial charge in [-0.2, -0.15) is 5.26 Å². The third kappa shape index (κ3) is 2.38. The molecule has 0 aromatic carbocycles. The topological polar surface area (TPSA) is 69.2 Å². The van der Waals surface area contributed by atoms with Gasteiger partial charge >= 0.3 is 0 Å². The van der Waals surface area contributed by atoms with Crippen LogP contribution in [0.25, 0.3) is 0 Å². The van der Waals surface area contributed by atoms with Crippen molar-refractivity contribution in [2.75, 3.05) is 38.1 Å². The van der Waals surface area contributed by atoms with Crippen LogP contribution in [0, 0.1) is 11.3 Å². The second kappa shape index (κ2) is 5.13. The van der Waals surface area contributed by atoms with Crippen molar-refractivity contribution in [1.29, 1.82) is 5.26 Å². The van der Waals surface area contributed by atoms with Gasteiger partial charge in [-0.15, -0.1) is 0 Å².